The summed E-state index contributed by atoms with van der Waals surface area (Å²) in [6.07, 6.45) is 6.52. The van der Waals surface area contributed by atoms with E-state index in [0.717, 1.165) is 49.7 Å². The molecule has 0 aliphatic carbocycles. The molecule has 5 heteroatoms. The number of nitrogens with zero attached hydrogens (tertiary/aromatic N) is 4. The van der Waals surface area contributed by atoms with Crippen LogP contribution in [0.15, 0.2) is 18.3 Å². The monoisotopic (exact) mass is 314 g/mol. The molecular weight excluding hydrogens is 288 g/mol. The van der Waals surface area contributed by atoms with E-state index in [2.05, 4.69) is 27.4 Å². The van der Waals surface area contributed by atoms with Crippen LogP contribution < -0.4 is 0 Å². The lowest BCUT2D eigenvalue weighted by Crippen LogP contribution is -2.25. The van der Waals surface area contributed by atoms with Crippen molar-refractivity contribution in [2.24, 2.45) is 5.92 Å². The van der Waals surface area contributed by atoms with E-state index >= 15 is 0 Å². The smallest absolute Gasteiger partial charge is 0.160 e. The second-order valence-corrected chi connectivity index (χ2v) is 6.87. The first-order valence-electron chi connectivity index (χ1n) is 8.97. The van der Waals surface area contributed by atoms with E-state index in [1.54, 1.807) is 0 Å². The number of aromatic nitrogens is 3. The molecule has 2 fully saturated rings. The van der Waals surface area contributed by atoms with Crippen LogP contribution in [0.25, 0.3) is 11.2 Å². The predicted octanol–water partition coefficient (Wildman–Crippen LogP) is 2.67. The Balaban J connectivity index is 1.65. The molecule has 0 amide bonds. The molecule has 4 heterocycles. The van der Waals surface area contributed by atoms with Crippen LogP contribution in [0.5, 0.6) is 0 Å². The molecule has 23 heavy (non-hydrogen) atoms. The van der Waals surface area contributed by atoms with Crippen molar-refractivity contribution in [3.8, 4) is 0 Å². The molecule has 0 N–H and O–H groups in total. The molecule has 4 rings (SSSR count). The summed E-state index contributed by atoms with van der Waals surface area (Å²) in [5.41, 5.74) is 2.06. The van der Waals surface area contributed by atoms with Crippen LogP contribution in [0.4, 0.5) is 0 Å². The van der Waals surface area contributed by atoms with Crippen LogP contribution in [-0.2, 0) is 11.2 Å². The van der Waals surface area contributed by atoms with Gasteiger partial charge in [0.05, 0.1) is 12.6 Å². The van der Waals surface area contributed by atoms with Crippen LogP contribution in [-0.4, -0.2) is 52.3 Å². The molecule has 2 unspecified atom stereocenters. The van der Waals surface area contributed by atoms with Crippen molar-refractivity contribution in [2.75, 3.05) is 32.8 Å². The van der Waals surface area contributed by atoms with Crippen molar-refractivity contribution in [3.63, 3.8) is 0 Å². The normalized spacial score (nSPS) is 26.1. The minimum atomic E-state index is 0.391. The van der Waals surface area contributed by atoms with Gasteiger partial charge in [0, 0.05) is 25.8 Å². The van der Waals surface area contributed by atoms with Gasteiger partial charge in [0.2, 0.25) is 0 Å². The van der Waals surface area contributed by atoms with E-state index in [-0.39, 0.29) is 0 Å². The van der Waals surface area contributed by atoms with Gasteiger partial charge in [-0.25, -0.2) is 9.97 Å². The number of imidazole rings is 1. The summed E-state index contributed by atoms with van der Waals surface area (Å²) < 4.78 is 8.11. The van der Waals surface area contributed by atoms with Gasteiger partial charge in [0.25, 0.3) is 0 Å². The van der Waals surface area contributed by atoms with Crippen molar-refractivity contribution in [2.45, 2.75) is 38.6 Å². The van der Waals surface area contributed by atoms with Crippen LogP contribution >= 0.6 is 0 Å². The summed E-state index contributed by atoms with van der Waals surface area (Å²) in [7, 11) is 0. The van der Waals surface area contributed by atoms with E-state index in [1.165, 1.54) is 31.8 Å². The predicted molar refractivity (Wildman–Crippen MR) is 90.5 cm³/mol. The fourth-order valence-corrected chi connectivity index (χ4v) is 4.06. The number of likely N-dealkylation sites (tertiary alicyclic amines) is 1. The van der Waals surface area contributed by atoms with Crippen LogP contribution in [0.1, 0.15) is 38.1 Å². The largest absolute Gasteiger partial charge is 0.379 e. The highest BCUT2D eigenvalue weighted by atomic mass is 16.5. The maximum absolute atomic E-state index is 5.73. The Kier molecular flexibility index (Phi) is 4.31. The third-order valence-electron chi connectivity index (χ3n) is 5.31. The average Bonchev–Trinajstić information content (AvgIpc) is 3.19. The lowest BCUT2D eigenvalue weighted by atomic mass is 10.0. The number of hydrogen-bond acceptors (Lipinski definition) is 4. The minimum Gasteiger partial charge on any atom is -0.379 e. The summed E-state index contributed by atoms with van der Waals surface area (Å²) >= 11 is 0. The molecule has 2 aromatic rings. The molecule has 0 bridgehead atoms. The first-order chi connectivity index (χ1) is 11.3. The molecule has 0 saturated carbocycles. The molecule has 2 aliphatic rings. The number of fused-ring (bicyclic) bond motifs is 1. The fourth-order valence-electron chi connectivity index (χ4n) is 4.06. The van der Waals surface area contributed by atoms with Crippen LogP contribution in [0, 0.1) is 5.92 Å². The Bertz CT molecular complexity index is 662. The summed E-state index contributed by atoms with van der Waals surface area (Å²) in [4.78, 5) is 12.1. The second-order valence-electron chi connectivity index (χ2n) is 6.87. The summed E-state index contributed by atoms with van der Waals surface area (Å²) in [5.74, 6) is 1.92. The average molecular weight is 314 g/mol. The highest BCUT2D eigenvalue weighted by Crippen LogP contribution is 2.28. The van der Waals surface area contributed by atoms with E-state index in [9.17, 15) is 0 Å². The van der Waals surface area contributed by atoms with Crippen molar-refractivity contribution in [1.82, 2.24) is 19.4 Å². The van der Waals surface area contributed by atoms with Gasteiger partial charge in [-0.15, -0.1) is 0 Å². The Labute approximate surface area is 137 Å². The Morgan fingerprint density at radius 1 is 1.35 bits per heavy atom. The topological polar surface area (TPSA) is 43.2 Å². The molecule has 2 aliphatic heterocycles. The van der Waals surface area contributed by atoms with Gasteiger partial charge in [-0.05, 0) is 50.4 Å². The van der Waals surface area contributed by atoms with E-state index in [4.69, 9.17) is 9.72 Å². The third-order valence-corrected chi connectivity index (χ3v) is 5.31. The molecule has 2 atom stereocenters. The number of ether oxygens (including phenoxy) is 1. The zero-order valence-electron chi connectivity index (χ0n) is 13.9. The highest BCUT2D eigenvalue weighted by Gasteiger charge is 2.27. The van der Waals surface area contributed by atoms with Crippen molar-refractivity contribution in [1.29, 1.82) is 0 Å². The molecule has 5 nitrogen and oxygen atoms in total. The van der Waals surface area contributed by atoms with Gasteiger partial charge in [0.15, 0.2) is 5.65 Å². The molecule has 2 aromatic heterocycles. The fraction of sp³-hybridized carbons (Fsp3) is 0.667. The van der Waals surface area contributed by atoms with Crippen molar-refractivity contribution in [3.05, 3.63) is 24.2 Å². The second kappa shape index (κ2) is 6.57. The van der Waals surface area contributed by atoms with E-state index in [0.29, 0.717) is 6.04 Å². The van der Waals surface area contributed by atoms with E-state index < -0.39 is 0 Å². The van der Waals surface area contributed by atoms with Gasteiger partial charge in [-0.2, -0.15) is 0 Å². The lowest BCUT2D eigenvalue weighted by Gasteiger charge is -2.26. The molecular formula is C18H26N4O. The SMILES string of the molecule is CCN1CCC(Cc2nc3cccnc3n2C2CCCOC2)C1. The zero-order chi connectivity index (χ0) is 15.6. The summed E-state index contributed by atoms with van der Waals surface area (Å²) in [6, 6.07) is 4.45. The molecule has 0 aromatic carbocycles. The molecule has 0 spiro atoms. The van der Waals surface area contributed by atoms with Gasteiger partial charge in [-0.1, -0.05) is 6.92 Å². The number of pyridine rings is 1. The number of hydrogen-bond donors (Lipinski definition) is 0. The summed E-state index contributed by atoms with van der Waals surface area (Å²) in [5, 5.41) is 0. The molecule has 2 saturated heterocycles. The van der Waals surface area contributed by atoms with Crippen LogP contribution in [0.2, 0.25) is 0 Å². The van der Waals surface area contributed by atoms with Gasteiger partial charge in [-0.3, -0.25) is 0 Å². The Morgan fingerprint density at radius 2 is 2.30 bits per heavy atom. The van der Waals surface area contributed by atoms with Gasteiger partial charge < -0.3 is 14.2 Å². The lowest BCUT2D eigenvalue weighted by molar-refractivity contribution is 0.0592. The van der Waals surface area contributed by atoms with E-state index in [1.807, 2.05) is 12.3 Å². The third kappa shape index (κ3) is 3.00. The van der Waals surface area contributed by atoms with Crippen LogP contribution in [0.3, 0.4) is 0 Å². The quantitative estimate of drug-likeness (QED) is 0.870. The number of rotatable bonds is 4. The first kappa shape index (κ1) is 15.1. The Morgan fingerprint density at radius 3 is 3.09 bits per heavy atom. The zero-order valence-corrected chi connectivity index (χ0v) is 13.9. The minimum absolute atomic E-state index is 0.391. The van der Waals surface area contributed by atoms with Crippen molar-refractivity contribution < 1.29 is 4.74 Å². The standard InChI is InChI=1S/C18H26N4O/c1-2-21-9-7-14(12-21)11-17-20-16-6-3-8-19-18(16)22(17)15-5-4-10-23-13-15/h3,6,8,14-15H,2,4-5,7,9-13H2,1H3. The van der Waals surface area contributed by atoms with Gasteiger partial charge in [0.1, 0.15) is 11.3 Å². The maximum Gasteiger partial charge on any atom is 0.160 e. The van der Waals surface area contributed by atoms with Crippen molar-refractivity contribution >= 4 is 11.2 Å². The molecule has 0 radical (unpaired) electrons. The summed E-state index contributed by atoms with van der Waals surface area (Å²) in [6.45, 7) is 7.52. The first-order valence-corrected chi connectivity index (χ1v) is 8.97. The van der Waals surface area contributed by atoms with Gasteiger partial charge >= 0.3 is 0 Å². The Hall–Kier alpha value is -1.46. The molecule has 124 valence electrons. The maximum atomic E-state index is 5.73. The highest BCUT2D eigenvalue weighted by molar-refractivity contribution is 5.71.